The van der Waals surface area contributed by atoms with Gasteiger partial charge in [-0.2, -0.15) is 0 Å². The summed E-state index contributed by atoms with van der Waals surface area (Å²) in [6.07, 6.45) is 2.25. The van der Waals surface area contributed by atoms with Crippen molar-refractivity contribution in [2.75, 3.05) is 13.6 Å². The maximum absolute atomic E-state index is 12.1. The molecule has 0 aromatic heterocycles. The third-order valence-electron chi connectivity index (χ3n) is 3.25. The van der Waals surface area contributed by atoms with Crippen molar-refractivity contribution in [3.8, 4) is 0 Å². The highest BCUT2D eigenvalue weighted by atomic mass is 16.1. The van der Waals surface area contributed by atoms with E-state index in [1.54, 1.807) is 0 Å². The van der Waals surface area contributed by atoms with Crippen molar-refractivity contribution in [3.63, 3.8) is 0 Å². The Hall–Kier alpha value is -0.370. The lowest BCUT2D eigenvalue weighted by Crippen LogP contribution is -2.39. The van der Waals surface area contributed by atoms with E-state index in [-0.39, 0.29) is 11.5 Å². The zero-order chi connectivity index (χ0) is 10.9. The first kappa shape index (κ1) is 11.7. The van der Waals surface area contributed by atoms with Gasteiger partial charge < -0.3 is 0 Å². The maximum atomic E-state index is 12.1. The second kappa shape index (κ2) is 4.01. The van der Waals surface area contributed by atoms with E-state index in [0.29, 0.717) is 5.78 Å². The second-order valence-corrected chi connectivity index (χ2v) is 5.58. The van der Waals surface area contributed by atoms with Gasteiger partial charge in [-0.05, 0) is 19.4 Å². The third-order valence-corrected chi connectivity index (χ3v) is 3.25. The van der Waals surface area contributed by atoms with Crippen molar-refractivity contribution in [2.24, 2.45) is 11.3 Å². The van der Waals surface area contributed by atoms with Crippen LogP contribution in [-0.4, -0.2) is 30.3 Å². The quantitative estimate of drug-likeness (QED) is 0.677. The Labute approximate surface area is 87.7 Å². The van der Waals surface area contributed by atoms with E-state index in [2.05, 4.69) is 18.9 Å². The molecule has 0 amide bonds. The van der Waals surface area contributed by atoms with Crippen LogP contribution in [0.2, 0.25) is 0 Å². The normalized spacial score (nSPS) is 29.5. The molecule has 2 heteroatoms. The molecular weight excluding hydrogens is 174 g/mol. The van der Waals surface area contributed by atoms with E-state index in [9.17, 15) is 4.79 Å². The van der Waals surface area contributed by atoms with Crippen molar-refractivity contribution in [1.82, 2.24) is 4.90 Å². The number of likely N-dealkylation sites (tertiary alicyclic amines) is 1. The molecule has 2 nitrogen and oxygen atoms in total. The van der Waals surface area contributed by atoms with Crippen molar-refractivity contribution in [2.45, 2.75) is 46.6 Å². The monoisotopic (exact) mass is 197 g/mol. The zero-order valence-corrected chi connectivity index (χ0v) is 10.1. The maximum Gasteiger partial charge on any atom is 0.155 e. The van der Waals surface area contributed by atoms with Crippen LogP contribution in [0.25, 0.3) is 0 Å². The first-order valence-corrected chi connectivity index (χ1v) is 5.60. The predicted octanol–water partition coefficient (Wildman–Crippen LogP) is 2.33. The first-order chi connectivity index (χ1) is 6.36. The Morgan fingerprint density at radius 3 is 2.36 bits per heavy atom. The Balaban J connectivity index is 2.66. The smallest absolute Gasteiger partial charge is 0.155 e. The van der Waals surface area contributed by atoms with Crippen LogP contribution in [0.3, 0.4) is 0 Å². The van der Waals surface area contributed by atoms with Crippen molar-refractivity contribution in [3.05, 3.63) is 0 Å². The van der Waals surface area contributed by atoms with Crippen LogP contribution in [0.5, 0.6) is 0 Å². The molecule has 0 aromatic rings. The molecule has 1 heterocycles. The Bertz CT molecular complexity index is 217. The van der Waals surface area contributed by atoms with Crippen LogP contribution in [0.1, 0.15) is 40.5 Å². The summed E-state index contributed by atoms with van der Waals surface area (Å²) in [5.41, 5.74) is -0.193. The van der Waals surface area contributed by atoms with Crippen LogP contribution in [0.15, 0.2) is 0 Å². The molecule has 1 aliphatic rings. The SMILES string of the molecule is CCC1CC(C(=O)C(C)(C)C)N(C)C1. The number of hydrogen-bond donors (Lipinski definition) is 0. The minimum Gasteiger partial charge on any atom is -0.297 e. The number of nitrogens with zero attached hydrogens (tertiary/aromatic N) is 1. The Morgan fingerprint density at radius 2 is 2.00 bits per heavy atom. The number of hydrogen-bond acceptors (Lipinski definition) is 2. The van der Waals surface area contributed by atoms with Crippen LogP contribution < -0.4 is 0 Å². The van der Waals surface area contributed by atoms with E-state index < -0.39 is 0 Å². The number of ketones is 1. The molecule has 0 saturated carbocycles. The Kier molecular flexibility index (Phi) is 3.36. The lowest BCUT2D eigenvalue weighted by molar-refractivity contribution is -0.130. The summed E-state index contributed by atoms with van der Waals surface area (Å²) < 4.78 is 0. The number of carbonyl (C=O) groups excluding carboxylic acids is 1. The van der Waals surface area contributed by atoms with E-state index >= 15 is 0 Å². The highest BCUT2D eigenvalue weighted by Crippen LogP contribution is 2.29. The summed E-state index contributed by atoms with van der Waals surface area (Å²) in [6.45, 7) is 9.35. The largest absolute Gasteiger partial charge is 0.297 e. The molecule has 0 bridgehead atoms. The Morgan fingerprint density at radius 1 is 1.43 bits per heavy atom. The summed E-state index contributed by atoms with van der Waals surface area (Å²) in [5.74, 6) is 1.12. The number of rotatable bonds is 2. The van der Waals surface area contributed by atoms with E-state index in [1.807, 2.05) is 20.8 Å². The second-order valence-electron chi connectivity index (χ2n) is 5.58. The molecule has 2 unspecified atom stereocenters. The zero-order valence-electron chi connectivity index (χ0n) is 10.1. The highest BCUT2D eigenvalue weighted by Gasteiger charge is 2.38. The first-order valence-electron chi connectivity index (χ1n) is 5.60. The molecule has 0 radical (unpaired) electrons. The molecular formula is C12H23NO. The van der Waals surface area contributed by atoms with Crippen molar-refractivity contribution >= 4 is 5.78 Å². The molecule has 1 aliphatic heterocycles. The number of Topliss-reactive ketones (excluding diaryl/α,β-unsaturated/α-hetero) is 1. The minimum atomic E-state index is -0.193. The van der Waals surface area contributed by atoms with Crippen molar-refractivity contribution < 1.29 is 4.79 Å². The molecule has 82 valence electrons. The van der Waals surface area contributed by atoms with Gasteiger partial charge in [-0.25, -0.2) is 0 Å². The summed E-state index contributed by atoms with van der Waals surface area (Å²) >= 11 is 0. The summed E-state index contributed by atoms with van der Waals surface area (Å²) in [4.78, 5) is 14.3. The van der Waals surface area contributed by atoms with Gasteiger partial charge in [-0.15, -0.1) is 0 Å². The molecule has 1 fully saturated rings. The molecule has 0 aliphatic carbocycles. The third kappa shape index (κ3) is 2.35. The van der Waals surface area contributed by atoms with Gasteiger partial charge in [0.05, 0.1) is 6.04 Å². The van der Waals surface area contributed by atoms with Crippen LogP contribution in [0, 0.1) is 11.3 Å². The fourth-order valence-corrected chi connectivity index (χ4v) is 2.21. The lowest BCUT2D eigenvalue weighted by atomic mass is 9.84. The minimum absolute atomic E-state index is 0.167. The standard InChI is InChI=1S/C12H23NO/c1-6-9-7-10(13(5)8-9)11(14)12(2,3)4/h9-10H,6-8H2,1-5H3. The van der Waals surface area contributed by atoms with Crippen LogP contribution in [-0.2, 0) is 4.79 Å². The fourth-order valence-electron chi connectivity index (χ4n) is 2.21. The predicted molar refractivity (Wildman–Crippen MR) is 59.3 cm³/mol. The van der Waals surface area contributed by atoms with Gasteiger partial charge in [0, 0.05) is 12.0 Å². The van der Waals surface area contributed by atoms with E-state index in [4.69, 9.17) is 0 Å². The molecule has 0 spiro atoms. The van der Waals surface area contributed by atoms with Crippen molar-refractivity contribution in [1.29, 1.82) is 0 Å². The summed E-state index contributed by atoms with van der Waals surface area (Å²) in [7, 11) is 2.07. The summed E-state index contributed by atoms with van der Waals surface area (Å²) in [5, 5.41) is 0. The molecule has 0 aromatic carbocycles. The van der Waals surface area contributed by atoms with E-state index in [0.717, 1.165) is 18.9 Å². The number of likely N-dealkylation sites (N-methyl/N-ethyl adjacent to an activating group) is 1. The average molecular weight is 197 g/mol. The van der Waals surface area contributed by atoms with Crippen LogP contribution >= 0.6 is 0 Å². The van der Waals surface area contributed by atoms with Gasteiger partial charge in [0.15, 0.2) is 5.78 Å². The van der Waals surface area contributed by atoms with Gasteiger partial charge in [0.2, 0.25) is 0 Å². The molecule has 1 rings (SSSR count). The average Bonchev–Trinajstić information content (AvgIpc) is 2.43. The highest BCUT2D eigenvalue weighted by molar-refractivity contribution is 5.88. The molecule has 2 atom stereocenters. The van der Waals surface area contributed by atoms with Gasteiger partial charge in [0.1, 0.15) is 0 Å². The van der Waals surface area contributed by atoms with Gasteiger partial charge in [-0.3, -0.25) is 9.69 Å². The van der Waals surface area contributed by atoms with Gasteiger partial charge in [-0.1, -0.05) is 34.1 Å². The van der Waals surface area contributed by atoms with Gasteiger partial charge >= 0.3 is 0 Å². The van der Waals surface area contributed by atoms with Crippen LogP contribution in [0.4, 0.5) is 0 Å². The summed E-state index contributed by atoms with van der Waals surface area (Å²) in [6, 6.07) is 0.167. The lowest BCUT2D eigenvalue weighted by Gasteiger charge is -2.25. The van der Waals surface area contributed by atoms with Gasteiger partial charge in [0.25, 0.3) is 0 Å². The molecule has 1 saturated heterocycles. The molecule has 14 heavy (non-hydrogen) atoms. The number of carbonyl (C=O) groups is 1. The van der Waals surface area contributed by atoms with E-state index in [1.165, 1.54) is 6.42 Å². The molecule has 0 N–H and O–H groups in total. The topological polar surface area (TPSA) is 20.3 Å². The fraction of sp³-hybridized carbons (Fsp3) is 0.917.